The van der Waals surface area contributed by atoms with Gasteiger partial charge in [0, 0.05) is 13.1 Å². The van der Waals surface area contributed by atoms with Gasteiger partial charge in [-0.25, -0.2) is 14.6 Å². The van der Waals surface area contributed by atoms with E-state index in [4.69, 9.17) is 11.6 Å². The van der Waals surface area contributed by atoms with Gasteiger partial charge in [-0.3, -0.25) is 4.79 Å². The number of nitrogens with zero attached hydrogens (tertiary/aromatic N) is 5. The number of hydrogen-bond acceptors (Lipinski definition) is 6. The van der Waals surface area contributed by atoms with E-state index in [0.717, 1.165) is 18.8 Å². The lowest BCUT2D eigenvalue weighted by Crippen LogP contribution is -2.29. The number of hydrogen-bond donors (Lipinski definition) is 1. The number of nitrogens with one attached hydrogen (secondary N) is 1. The Labute approximate surface area is 159 Å². The van der Waals surface area contributed by atoms with Gasteiger partial charge in [-0.15, -0.1) is 11.3 Å². The molecule has 1 aliphatic heterocycles. The Morgan fingerprint density at radius 1 is 1.12 bits per heavy atom. The fourth-order valence-electron chi connectivity index (χ4n) is 2.87. The maximum atomic E-state index is 12.2. The molecule has 4 heterocycles. The van der Waals surface area contributed by atoms with Crippen LogP contribution in [0.3, 0.4) is 0 Å². The molecule has 0 bridgehead atoms. The van der Waals surface area contributed by atoms with Crippen molar-refractivity contribution in [1.82, 2.24) is 19.7 Å². The number of carbonyl (C=O) groups is 1. The number of anilines is 2. The summed E-state index contributed by atoms with van der Waals surface area (Å²) in [6.07, 6.45) is 10.6. The van der Waals surface area contributed by atoms with Gasteiger partial charge in [0.15, 0.2) is 0 Å². The van der Waals surface area contributed by atoms with Crippen LogP contribution in [-0.2, 0) is 0 Å². The summed E-state index contributed by atoms with van der Waals surface area (Å²) in [7, 11) is 0. The third kappa shape index (κ3) is 3.71. The third-order valence-corrected chi connectivity index (χ3v) is 5.42. The summed E-state index contributed by atoms with van der Waals surface area (Å²) >= 11 is 7.09. The zero-order valence-electron chi connectivity index (χ0n) is 13.9. The number of piperidine rings is 1. The smallest absolute Gasteiger partial charge is 0.265 e. The second kappa shape index (κ2) is 7.43. The van der Waals surface area contributed by atoms with Gasteiger partial charge in [-0.05, 0) is 31.4 Å². The quantitative estimate of drug-likeness (QED) is 0.738. The molecule has 1 amide bonds. The highest BCUT2D eigenvalue weighted by atomic mass is 35.5. The minimum Gasteiger partial charge on any atom is -0.369 e. The molecule has 4 rings (SSSR count). The molecule has 0 radical (unpaired) electrons. The van der Waals surface area contributed by atoms with Gasteiger partial charge < -0.3 is 10.2 Å². The van der Waals surface area contributed by atoms with Crippen molar-refractivity contribution in [3.8, 4) is 5.95 Å². The summed E-state index contributed by atoms with van der Waals surface area (Å²) in [5, 5.41) is 7.01. The molecule has 9 heteroatoms. The zero-order valence-corrected chi connectivity index (χ0v) is 15.5. The standard InChI is InChI=1S/C17H17ClN6OS/c18-15-5-4-14(26-15)16(25)22-12-8-21-24(11-12)17-19-9-13(10-20-17)23-6-2-1-3-7-23/h4-5,8-11H,1-3,6-7H2,(H,22,25). The number of rotatable bonds is 4. The van der Waals surface area contributed by atoms with Gasteiger partial charge >= 0.3 is 0 Å². The molecule has 0 aromatic carbocycles. The lowest BCUT2D eigenvalue weighted by atomic mass is 10.1. The summed E-state index contributed by atoms with van der Waals surface area (Å²) in [6, 6.07) is 3.39. The van der Waals surface area contributed by atoms with Crippen molar-refractivity contribution in [2.75, 3.05) is 23.3 Å². The molecule has 1 fully saturated rings. The Morgan fingerprint density at radius 2 is 1.88 bits per heavy atom. The number of thiophene rings is 1. The van der Waals surface area contributed by atoms with Gasteiger partial charge in [-0.2, -0.15) is 5.10 Å². The van der Waals surface area contributed by atoms with E-state index in [1.165, 1.54) is 35.3 Å². The molecular weight excluding hydrogens is 372 g/mol. The second-order valence-electron chi connectivity index (χ2n) is 6.02. The van der Waals surface area contributed by atoms with Crippen molar-refractivity contribution in [2.45, 2.75) is 19.3 Å². The molecule has 0 saturated carbocycles. The first-order chi connectivity index (χ1) is 12.7. The van der Waals surface area contributed by atoms with E-state index in [-0.39, 0.29) is 5.91 Å². The van der Waals surface area contributed by atoms with E-state index in [1.807, 2.05) is 12.4 Å². The second-order valence-corrected chi connectivity index (χ2v) is 7.74. The Morgan fingerprint density at radius 3 is 2.58 bits per heavy atom. The van der Waals surface area contributed by atoms with E-state index < -0.39 is 0 Å². The van der Waals surface area contributed by atoms with E-state index in [9.17, 15) is 4.79 Å². The highest BCUT2D eigenvalue weighted by Gasteiger charge is 2.13. The normalized spacial score (nSPS) is 14.4. The molecule has 0 unspecified atom stereocenters. The summed E-state index contributed by atoms with van der Waals surface area (Å²) in [4.78, 5) is 23.8. The van der Waals surface area contributed by atoms with Crippen molar-refractivity contribution in [3.63, 3.8) is 0 Å². The first kappa shape index (κ1) is 17.0. The molecule has 134 valence electrons. The number of amides is 1. The van der Waals surface area contributed by atoms with Crippen LogP contribution in [0.25, 0.3) is 5.95 Å². The lowest BCUT2D eigenvalue weighted by molar-refractivity contribution is 0.103. The Kier molecular flexibility index (Phi) is 4.85. The van der Waals surface area contributed by atoms with Crippen LogP contribution >= 0.6 is 22.9 Å². The van der Waals surface area contributed by atoms with Crippen LogP contribution in [0.4, 0.5) is 11.4 Å². The van der Waals surface area contributed by atoms with Crippen LogP contribution in [0.15, 0.2) is 36.9 Å². The number of carbonyl (C=O) groups excluding carboxylic acids is 1. The average molecular weight is 389 g/mol. The highest BCUT2D eigenvalue weighted by Crippen LogP contribution is 2.22. The Bertz CT molecular complexity index is 900. The van der Waals surface area contributed by atoms with Gasteiger partial charge in [0.1, 0.15) is 0 Å². The van der Waals surface area contributed by atoms with Crippen LogP contribution in [0.2, 0.25) is 4.34 Å². The summed E-state index contributed by atoms with van der Waals surface area (Å²) < 4.78 is 2.12. The molecule has 0 atom stereocenters. The first-order valence-corrected chi connectivity index (χ1v) is 9.57. The van der Waals surface area contributed by atoms with Crippen LogP contribution in [0.1, 0.15) is 28.9 Å². The van der Waals surface area contributed by atoms with Gasteiger partial charge in [0.05, 0.1) is 45.4 Å². The summed E-state index contributed by atoms with van der Waals surface area (Å²) in [6.45, 7) is 2.10. The van der Waals surface area contributed by atoms with Gasteiger partial charge in [-0.1, -0.05) is 11.6 Å². The van der Waals surface area contributed by atoms with Gasteiger partial charge in [0.2, 0.25) is 0 Å². The van der Waals surface area contributed by atoms with Crippen molar-refractivity contribution in [3.05, 3.63) is 46.1 Å². The molecule has 3 aromatic rings. The number of halogens is 1. The molecule has 1 N–H and O–H groups in total. The third-order valence-electron chi connectivity index (χ3n) is 4.19. The van der Waals surface area contributed by atoms with E-state index in [0.29, 0.717) is 20.8 Å². The lowest BCUT2D eigenvalue weighted by Gasteiger charge is -2.28. The highest BCUT2D eigenvalue weighted by molar-refractivity contribution is 7.18. The monoisotopic (exact) mass is 388 g/mol. The Balaban J connectivity index is 1.44. The van der Waals surface area contributed by atoms with E-state index in [2.05, 4.69) is 25.3 Å². The minimum absolute atomic E-state index is 0.220. The molecule has 1 saturated heterocycles. The molecule has 1 aliphatic rings. The zero-order chi connectivity index (χ0) is 17.9. The molecular formula is C17H17ClN6OS. The molecule has 0 aliphatic carbocycles. The predicted octanol–water partition coefficient (Wildman–Crippen LogP) is 3.62. The van der Waals surface area contributed by atoms with Gasteiger partial charge in [0.25, 0.3) is 11.9 Å². The molecule has 0 spiro atoms. The largest absolute Gasteiger partial charge is 0.369 e. The maximum Gasteiger partial charge on any atom is 0.265 e. The van der Waals surface area contributed by atoms with Crippen molar-refractivity contribution in [2.24, 2.45) is 0 Å². The van der Waals surface area contributed by atoms with E-state index in [1.54, 1.807) is 24.5 Å². The average Bonchev–Trinajstić information content (AvgIpc) is 3.32. The van der Waals surface area contributed by atoms with Crippen molar-refractivity contribution >= 4 is 40.2 Å². The van der Waals surface area contributed by atoms with Crippen LogP contribution in [-0.4, -0.2) is 38.7 Å². The SMILES string of the molecule is O=C(Nc1cnn(-c2ncc(N3CCCCC3)cn2)c1)c1ccc(Cl)s1. The maximum absolute atomic E-state index is 12.2. The molecule has 26 heavy (non-hydrogen) atoms. The fraction of sp³-hybridized carbons (Fsp3) is 0.294. The molecule has 3 aromatic heterocycles. The predicted molar refractivity (Wildman–Crippen MR) is 103 cm³/mol. The minimum atomic E-state index is -0.220. The van der Waals surface area contributed by atoms with Crippen LogP contribution < -0.4 is 10.2 Å². The van der Waals surface area contributed by atoms with Crippen molar-refractivity contribution < 1.29 is 4.79 Å². The number of aromatic nitrogens is 4. The topological polar surface area (TPSA) is 75.9 Å². The van der Waals surface area contributed by atoms with Crippen molar-refractivity contribution in [1.29, 1.82) is 0 Å². The first-order valence-electron chi connectivity index (χ1n) is 8.38. The Hall–Kier alpha value is -2.45. The fourth-order valence-corrected chi connectivity index (χ4v) is 3.81. The van der Waals surface area contributed by atoms with Crippen LogP contribution in [0.5, 0.6) is 0 Å². The summed E-state index contributed by atoms with van der Waals surface area (Å²) in [5.41, 5.74) is 1.60. The molecule has 7 nitrogen and oxygen atoms in total. The summed E-state index contributed by atoms with van der Waals surface area (Å²) in [5.74, 6) is 0.244. The van der Waals surface area contributed by atoms with E-state index >= 15 is 0 Å². The van der Waals surface area contributed by atoms with Crippen LogP contribution in [0, 0.1) is 0 Å².